The van der Waals surface area contributed by atoms with E-state index in [0.29, 0.717) is 37.4 Å². The first kappa shape index (κ1) is 19.6. The van der Waals surface area contributed by atoms with Gasteiger partial charge >= 0.3 is 0 Å². The number of carbonyl (C=O) groups excluding carboxylic acids is 1. The van der Waals surface area contributed by atoms with E-state index >= 15 is 0 Å². The average molecular weight is 387 g/mol. The summed E-state index contributed by atoms with van der Waals surface area (Å²) < 4.78 is 27.0. The van der Waals surface area contributed by atoms with Crippen molar-refractivity contribution >= 4 is 15.9 Å². The van der Waals surface area contributed by atoms with Crippen molar-refractivity contribution in [3.63, 3.8) is 0 Å². The normalized spacial score (nSPS) is 16.2. The number of benzene rings is 2. The van der Waals surface area contributed by atoms with E-state index in [0.717, 1.165) is 16.7 Å². The Balaban J connectivity index is 1.55. The highest BCUT2D eigenvalue weighted by Crippen LogP contribution is 2.24. The standard InChI is InChI=1S/C21H26N2O3S/c1-16-6-8-20(9-7-16)27(25,26)23-12-10-19(11-13-23)21(24)22-15-18-5-3-4-17(2)14-18/h3-9,14,19H,10-13,15H2,1-2H3,(H,22,24). The van der Waals surface area contributed by atoms with Gasteiger partial charge in [0, 0.05) is 25.6 Å². The van der Waals surface area contributed by atoms with Crippen LogP contribution in [0.25, 0.3) is 0 Å². The van der Waals surface area contributed by atoms with Crippen molar-refractivity contribution in [1.29, 1.82) is 0 Å². The third kappa shape index (κ3) is 4.76. The molecule has 0 unspecified atom stereocenters. The quantitative estimate of drug-likeness (QED) is 0.859. The van der Waals surface area contributed by atoms with Crippen LogP contribution in [0.5, 0.6) is 0 Å². The van der Waals surface area contributed by atoms with Crippen molar-refractivity contribution in [2.24, 2.45) is 5.92 Å². The van der Waals surface area contributed by atoms with Gasteiger partial charge in [0.2, 0.25) is 15.9 Å². The van der Waals surface area contributed by atoms with Crippen molar-refractivity contribution < 1.29 is 13.2 Å². The summed E-state index contributed by atoms with van der Waals surface area (Å²) >= 11 is 0. The van der Waals surface area contributed by atoms with E-state index in [4.69, 9.17) is 0 Å². The third-order valence-corrected chi connectivity index (χ3v) is 6.95. The highest BCUT2D eigenvalue weighted by molar-refractivity contribution is 7.89. The van der Waals surface area contributed by atoms with Gasteiger partial charge in [-0.3, -0.25) is 4.79 Å². The smallest absolute Gasteiger partial charge is 0.243 e. The molecular weight excluding hydrogens is 360 g/mol. The molecule has 1 N–H and O–H groups in total. The van der Waals surface area contributed by atoms with Crippen LogP contribution in [0.4, 0.5) is 0 Å². The Morgan fingerprint density at radius 1 is 1.04 bits per heavy atom. The molecule has 0 aliphatic carbocycles. The van der Waals surface area contributed by atoms with Crippen LogP contribution in [0.3, 0.4) is 0 Å². The van der Waals surface area contributed by atoms with Crippen molar-refractivity contribution in [3.8, 4) is 0 Å². The minimum absolute atomic E-state index is 0.00360. The minimum atomic E-state index is -3.49. The van der Waals surface area contributed by atoms with Crippen LogP contribution in [0.2, 0.25) is 0 Å². The van der Waals surface area contributed by atoms with Crippen LogP contribution in [0.15, 0.2) is 53.4 Å². The zero-order chi connectivity index (χ0) is 19.4. The Kier molecular flexibility index (Phi) is 5.97. The number of amides is 1. The fourth-order valence-electron chi connectivity index (χ4n) is 3.37. The molecule has 1 aliphatic heterocycles. The van der Waals surface area contributed by atoms with E-state index in [1.165, 1.54) is 4.31 Å². The average Bonchev–Trinajstić information content (AvgIpc) is 2.66. The molecule has 1 heterocycles. The Labute approximate surface area is 161 Å². The zero-order valence-electron chi connectivity index (χ0n) is 15.8. The fourth-order valence-corrected chi connectivity index (χ4v) is 4.84. The number of sulfonamides is 1. The van der Waals surface area contributed by atoms with Crippen LogP contribution >= 0.6 is 0 Å². The van der Waals surface area contributed by atoms with Crippen molar-refractivity contribution in [2.45, 2.75) is 38.1 Å². The Morgan fingerprint density at radius 3 is 2.33 bits per heavy atom. The molecular formula is C21H26N2O3S. The third-order valence-electron chi connectivity index (χ3n) is 5.03. The maximum Gasteiger partial charge on any atom is 0.243 e. The summed E-state index contributed by atoms with van der Waals surface area (Å²) in [7, 11) is -3.49. The molecule has 1 fully saturated rings. The molecule has 0 saturated carbocycles. The maximum absolute atomic E-state index is 12.7. The summed E-state index contributed by atoms with van der Waals surface area (Å²) in [5.74, 6) is -0.136. The van der Waals surface area contributed by atoms with E-state index in [-0.39, 0.29) is 11.8 Å². The number of carbonyl (C=O) groups is 1. The molecule has 0 spiro atoms. The number of hydrogen-bond donors (Lipinski definition) is 1. The fraction of sp³-hybridized carbons (Fsp3) is 0.381. The maximum atomic E-state index is 12.7. The Morgan fingerprint density at radius 2 is 1.70 bits per heavy atom. The Bertz CT molecular complexity index is 899. The van der Waals surface area contributed by atoms with E-state index in [2.05, 4.69) is 11.4 Å². The predicted molar refractivity (Wildman–Crippen MR) is 106 cm³/mol. The number of nitrogens with one attached hydrogen (secondary N) is 1. The summed E-state index contributed by atoms with van der Waals surface area (Å²) in [6.45, 7) is 5.20. The number of piperidine rings is 1. The molecule has 0 aromatic heterocycles. The molecule has 27 heavy (non-hydrogen) atoms. The first-order chi connectivity index (χ1) is 12.9. The molecule has 5 nitrogen and oxygen atoms in total. The molecule has 6 heteroatoms. The lowest BCUT2D eigenvalue weighted by atomic mass is 9.97. The van der Waals surface area contributed by atoms with Gasteiger partial charge in [0.25, 0.3) is 0 Å². The molecule has 2 aromatic carbocycles. The first-order valence-electron chi connectivity index (χ1n) is 9.26. The molecule has 144 valence electrons. The minimum Gasteiger partial charge on any atom is -0.352 e. The SMILES string of the molecule is Cc1ccc(S(=O)(=O)N2CCC(C(=O)NCc3cccc(C)c3)CC2)cc1. The molecule has 0 radical (unpaired) electrons. The van der Waals surface area contributed by atoms with E-state index < -0.39 is 10.0 Å². The van der Waals surface area contributed by atoms with Crippen molar-refractivity contribution in [2.75, 3.05) is 13.1 Å². The van der Waals surface area contributed by atoms with E-state index in [1.54, 1.807) is 24.3 Å². The second-order valence-electron chi connectivity index (χ2n) is 7.20. The van der Waals surface area contributed by atoms with Crippen molar-refractivity contribution in [1.82, 2.24) is 9.62 Å². The number of rotatable bonds is 5. The topological polar surface area (TPSA) is 66.5 Å². The molecule has 1 aliphatic rings. The van der Waals surface area contributed by atoms with Crippen LogP contribution < -0.4 is 5.32 Å². The van der Waals surface area contributed by atoms with Crippen LogP contribution in [0.1, 0.15) is 29.5 Å². The van der Waals surface area contributed by atoms with Gasteiger partial charge in [-0.05, 0) is 44.4 Å². The van der Waals surface area contributed by atoms with Gasteiger partial charge in [0.05, 0.1) is 4.90 Å². The van der Waals surface area contributed by atoms with Gasteiger partial charge in [0.15, 0.2) is 0 Å². The molecule has 1 amide bonds. The van der Waals surface area contributed by atoms with Crippen LogP contribution in [-0.2, 0) is 21.4 Å². The van der Waals surface area contributed by atoms with Gasteiger partial charge < -0.3 is 5.32 Å². The summed E-state index contributed by atoms with van der Waals surface area (Å²) in [5, 5.41) is 2.98. The lowest BCUT2D eigenvalue weighted by Gasteiger charge is -2.30. The summed E-state index contributed by atoms with van der Waals surface area (Å²) in [6, 6.07) is 14.9. The van der Waals surface area contributed by atoms with E-state index in [9.17, 15) is 13.2 Å². The predicted octanol–water partition coefficient (Wildman–Crippen LogP) is 3.02. The number of nitrogens with zero attached hydrogens (tertiary/aromatic N) is 1. The largest absolute Gasteiger partial charge is 0.352 e. The van der Waals surface area contributed by atoms with Gasteiger partial charge in [-0.1, -0.05) is 47.5 Å². The molecule has 0 bridgehead atoms. The summed E-state index contributed by atoms with van der Waals surface area (Å²) in [5.41, 5.74) is 3.26. The summed E-state index contributed by atoms with van der Waals surface area (Å²) in [6.07, 6.45) is 1.09. The molecule has 2 aromatic rings. The zero-order valence-corrected chi connectivity index (χ0v) is 16.6. The van der Waals surface area contributed by atoms with Gasteiger partial charge in [0.1, 0.15) is 0 Å². The molecule has 3 rings (SSSR count). The van der Waals surface area contributed by atoms with Crippen LogP contribution in [-0.4, -0.2) is 31.7 Å². The Hall–Kier alpha value is -2.18. The van der Waals surface area contributed by atoms with Gasteiger partial charge in [-0.25, -0.2) is 8.42 Å². The highest BCUT2D eigenvalue weighted by Gasteiger charge is 2.31. The summed E-state index contributed by atoms with van der Waals surface area (Å²) in [4.78, 5) is 12.8. The first-order valence-corrected chi connectivity index (χ1v) is 10.7. The lowest BCUT2D eigenvalue weighted by molar-refractivity contribution is -0.126. The highest BCUT2D eigenvalue weighted by atomic mass is 32.2. The van der Waals surface area contributed by atoms with Gasteiger partial charge in [-0.2, -0.15) is 4.31 Å². The second-order valence-corrected chi connectivity index (χ2v) is 9.14. The van der Waals surface area contributed by atoms with E-state index in [1.807, 2.05) is 32.0 Å². The van der Waals surface area contributed by atoms with Crippen LogP contribution in [0, 0.1) is 19.8 Å². The number of hydrogen-bond acceptors (Lipinski definition) is 3. The number of aryl methyl sites for hydroxylation is 2. The second kappa shape index (κ2) is 8.23. The van der Waals surface area contributed by atoms with Crippen molar-refractivity contribution in [3.05, 3.63) is 65.2 Å². The molecule has 0 atom stereocenters. The molecule has 1 saturated heterocycles. The lowest BCUT2D eigenvalue weighted by Crippen LogP contribution is -2.42. The monoisotopic (exact) mass is 386 g/mol. The van der Waals surface area contributed by atoms with Gasteiger partial charge in [-0.15, -0.1) is 0 Å².